The maximum absolute atomic E-state index is 11.6. The van der Waals surface area contributed by atoms with Crippen molar-refractivity contribution in [2.45, 2.75) is 26.3 Å². The third kappa shape index (κ3) is 2.33. The molecule has 0 spiro atoms. The Bertz CT molecular complexity index is 646. The number of imidazole rings is 1. The topological polar surface area (TPSA) is 44.1 Å². The Morgan fingerprint density at radius 1 is 1.45 bits per heavy atom. The van der Waals surface area contributed by atoms with Crippen LogP contribution in [0.1, 0.15) is 17.8 Å². The van der Waals surface area contributed by atoms with E-state index in [4.69, 9.17) is 9.72 Å². The molecular weight excluding hydrogens is 252 g/mol. The SMILES string of the molecule is COC(=O)C1CCc2nc(-c3cccc(C)c3)cn2C1. The van der Waals surface area contributed by atoms with Gasteiger partial charge in [0.15, 0.2) is 0 Å². The molecule has 4 heteroatoms. The molecule has 0 amide bonds. The molecule has 20 heavy (non-hydrogen) atoms. The molecule has 2 heterocycles. The third-order valence-corrected chi connectivity index (χ3v) is 3.84. The summed E-state index contributed by atoms with van der Waals surface area (Å²) in [6.07, 6.45) is 3.68. The summed E-state index contributed by atoms with van der Waals surface area (Å²) in [4.78, 5) is 16.3. The highest BCUT2D eigenvalue weighted by Crippen LogP contribution is 2.25. The number of rotatable bonds is 2. The average molecular weight is 270 g/mol. The molecule has 1 aliphatic heterocycles. The second kappa shape index (κ2) is 5.12. The van der Waals surface area contributed by atoms with E-state index in [9.17, 15) is 4.79 Å². The second-order valence-corrected chi connectivity index (χ2v) is 5.32. The Hall–Kier alpha value is -2.10. The quantitative estimate of drug-likeness (QED) is 0.788. The average Bonchev–Trinajstić information content (AvgIpc) is 2.89. The van der Waals surface area contributed by atoms with E-state index < -0.39 is 0 Å². The molecule has 0 radical (unpaired) electrons. The summed E-state index contributed by atoms with van der Waals surface area (Å²) in [7, 11) is 1.45. The first kappa shape index (κ1) is 12.9. The highest BCUT2D eigenvalue weighted by atomic mass is 16.5. The number of carbonyl (C=O) groups excluding carboxylic acids is 1. The smallest absolute Gasteiger partial charge is 0.310 e. The first-order chi connectivity index (χ1) is 9.67. The van der Waals surface area contributed by atoms with Crippen molar-refractivity contribution in [2.24, 2.45) is 5.92 Å². The predicted molar refractivity (Wildman–Crippen MR) is 76.2 cm³/mol. The zero-order valence-corrected chi connectivity index (χ0v) is 11.8. The number of fused-ring (bicyclic) bond motifs is 1. The highest BCUT2D eigenvalue weighted by molar-refractivity contribution is 5.72. The second-order valence-electron chi connectivity index (χ2n) is 5.32. The van der Waals surface area contributed by atoms with E-state index in [1.165, 1.54) is 12.7 Å². The maximum Gasteiger partial charge on any atom is 0.310 e. The normalized spacial score (nSPS) is 17.6. The van der Waals surface area contributed by atoms with Gasteiger partial charge < -0.3 is 9.30 Å². The van der Waals surface area contributed by atoms with Crippen LogP contribution in [0.5, 0.6) is 0 Å². The predicted octanol–water partition coefficient (Wildman–Crippen LogP) is 2.59. The molecule has 2 aromatic rings. The number of aryl methyl sites for hydroxylation is 2. The van der Waals surface area contributed by atoms with Crippen LogP contribution in [0.2, 0.25) is 0 Å². The minimum atomic E-state index is -0.124. The Kier molecular flexibility index (Phi) is 3.30. The Balaban J connectivity index is 1.89. The number of hydrogen-bond acceptors (Lipinski definition) is 3. The van der Waals surface area contributed by atoms with Gasteiger partial charge >= 0.3 is 5.97 Å². The van der Waals surface area contributed by atoms with Gasteiger partial charge in [-0.2, -0.15) is 0 Å². The van der Waals surface area contributed by atoms with Crippen LogP contribution in [0.15, 0.2) is 30.5 Å². The van der Waals surface area contributed by atoms with Gasteiger partial charge in [-0.05, 0) is 19.4 Å². The van der Waals surface area contributed by atoms with E-state index in [1.54, 1.807) is 0 Å². The van der Waals surface area contributed by atoms with E-state index in [2.05, 4.69) is 29.7 Å². The summed E-state index contributed by atoms with van der Waals surface area (Å²) >= 11 is 0. The van der Waals surface area contributed by atoms with E-state index in [-0.39, 0.29) is 11.9 Å². The molecule has 4 nitrogen and oxygen atoms in total. The number of esters is 1. The molecule has 1 aromatic carbocycles. The first-order valence-electron chi connectivity index (χ1n) is 6.88. The number of carbonyl (C=O) groups is 1. The Labute approximate surface area is 118 Å². The molecule has 0 saturated heterocycles. The lowest BCUT2D eigenvalue weighted by molar-refractivity contribution is -0.146. The van der Waals surface area contributed by atoms with E-state index in [1.807, 2.05) is 12.3 Å². The molecule has 1 aliphatic rings. The summed E-state index contributed by atoms with van der Waals surface area (Å²) in [5, 5.41) is 0. The van der Waals surface area contributed by atoms with Crippen molar-refractivity contribution in [3.05, 3.63) is 41.9 Å². The van der Waals surface area contributed by atoms with Crippen molar-refractivity contribution in [3.63, 3.8) is 0 Å². The number of nitrogens with zero attached hydrogens (tertiary/aromatic N) is 2. The fourth-order valence-electron chi connectivity index (χ4n) is 2.75. The molecule has 3 rings (SSSR count). The number of methoxy groups -OCH3 is 1. The number of ether oxygens (including phenoxy) is 1. The van der Waals surface area contributed by atoms with Gasteiger partial charge in [0.1, 0.15) is 5.82 Å². The van der Waals surface area contributed by atoms with E-state index in [0.29, 0.717) is 6.54 Å². The van der Waals surface area contributed by atoms with Crippen molar-refractivity contribution in [1.82, 2.24) is 9.55 Å². The molecule has 0 fully saturated rings. The molecule has 0 N–H and O–H groups in total. The van der Waals surface area contributed by atoms with Crippen LogP contribution in [0.3, 0.4) is 0 Å². The summed E-state index contributed by atoms with van der Waals surface area (Å²) in [5.74, 6) is 0.884. The maximum atomic E-state index is 11.6. The van der Waals surface area contributed by atoms with E-state index >= 15 is 0 Å². The summed E-state index contributed by atoms with van der Waals surface area (Å²) in [5.41, 5.74) is 3.33. The zero-order valence-electron chi connectivity index (χ0n) is 11.8. The fourth-order valence-corrected chi connectivity index (χ4v) is 2.75. The van der Waals surface area contributed by atoms with Crippen LogP contribution in [-0.2, 0) is 22.5 Å². The van der Waals surface area contributed by atoms with Crippen LogP contribution in [0.4, 0.5) is 0 Å². The number of hydrogen-bond donors (Lipinski definition) is 0. The minimum Gasteiger partial charge on any atom is -0.469 e. The van der Waals surface area contributed by atoms with E-state index in [0.717, 1.165) is 29.9 Å². The number of aromatic nitrogens is 2. The van der Waals surface area contributed by atoms with Gasteiger partial charge in [-0.25, -0.2) is 4.98 Å². The Morgan fingerprint density at radius 3 is 3.05 bits per heavy atom. The minimum absolute atomic E-state index is 0.0490. The lowest BCUT2D eigenvalue weighted by atomic mass is 10.00. The van der Waals surface area contributed by atoms with Crippen molar-refractivity contribution < 1.29 is 9.53 Å². The van der Waals surface area contributed by atoms with Crippen LogP contribution >= 0.6 is 0 Å². The molecule has 104 valence electrons. The lowest BCUT2D eigenvalue weighted by Crippen LogP contribution is -2.27. The van der Waals surface area contributed by atoms with Crippen molar-refractivity contribution in [1.29, 1.82) is 0 Å². The van der Waals surface area contributed by atoms with Crippen LogP contribution in [0.25, 0.3) is 11.3 Å². The highest BCUT2D eigenvalue weighted by Gasteiger charge is 2.26. The lowest BCUT2D eigenvalue weighted by Gasteiger charge is -2.21. The van der Waals surface area contributed by atoms with Crippen molar-refractivity contribution >= 4 is 5.97 Å². The van der Waals surface area contributed by atoms with Crippen LogP contribution in [0, 0.1) is 12.8 Å². The standard InChI is InChI=1S/C16H18N2O2/c1-11-4-3-5-12(8-11)14-10-18-9-13(16(19)20-2)6-7-15(18)17-14/h3-5,8,10,13H,6-7,9H2,1-2H3. The van der Waals surface area contributed by atoms with Gasteiger partial charge in [-0.3, -0.25) is 4.79 Å². The zero-order chi connectivity index (χ0) is 14.1. The van der Waals surface area contributed by atoms with Crippen LogP contribution in [-0.4, -0.2) is 22.6 Å². The van der Waals surface area contributed by atoms with Gasteiger partial charge in [0.25, 0.3) is 0 Å². The molecule has 1 atom stereocenters. The summed E-state index contributed by atoms with van der Waals surface area (Å²) < 4.78 is 6.93. The van der Waals surface area contributed by atoms with Gasteiger partial charge in [-0.1, -0.05) is 23.8 Å². The van der Waals surface area contributed by atoms with Gasteiger partial charge in [0.05, 0.1) is 18.7 Å². The first-order valence-corrected chi connectivity index (χ1v) is 6.88. The summed E-state index contributed by atoms with van der Waals surface area (Å²) in [6.45, 7) is 2.74. The van der Waals surface area contributed by atoms with Crippen molar-refractivity contribution in [2.75, 3.05) is 7.11 Å². The molecule has 1 unspecified atom stereocenters. The monoisotopic (exact) mass is 270 g/mol. The number of benzene rings is 1. The van der Waals surface area contributed by atoms with Gasteiger partial charge in [-0.15, -0.1) is 0 Å². The van der Waals surface area contributed by atoms with Gasteiger partial charge in [0, 0.05) is 24.7 Å². The van der Waals surface area contributed by atoms with Gasteiger partial charge in [0.2, 0.25) is 0 Å². The van der Waals surface area contributed by atoms with Crippen molar-refractivity contribution in [3.8, 4) is 11.3 Å². The molecule has 1 aromatic heterocycles. The summed E-state index contributed by atoms with van der Waals surface area (Å²) in [6, 6.07) is 8.32. The Morgan fingerprint density at radius 2 is 2.30 bits per heavy atom. The largest absolute Gasteiger partial charge is 0.469 e. The molecule has 0 saturated carbocycles. The molecule has 0 aliphatic carbocycles. The fraction of sp³-hybridized carbons (Fsp3) is 0.375. The molecule has 0 bridgehead atoms. The van der Waals surface area contributed by atoms with Crippen LogP contribution < -0.4 is 0 Å². The third-order valence-electron chi connectivity index (χ3n) is 3.84. The molecular formula is C16H18N2O2.